The second kappa shape index (κ2) is 7.98. The third-order valence-corrected chi connectivity index (χ3v) is 4.41. The molecule has 0 radical (unpaired) electrons. The standard InChI is InChI=1S/C20H34N2O3/c1-13(19(2,3)4)10-15(22-18(24)25-20(5,6)7)11-14-8-9-17(23)16(21)12-14/h8-9,12-13,15,23H,10-11,21H2,1-7H3,(H,22,24)/t13-,15+/m0/s1. The molecule has 0 spiro atoms. The minimum Gasteiger partial charge on any atom is -0.506 e. The second-order valence-corrected chi connectivity index (χ2v) is 8.94. The van der Waals surface area contributed by atoms with Crippen LogP contribution in [0.5, 0.6) is 5.75 Å². The van der Waals surface area contributed by atoms with Crippen LogP contribution >= 0.6 is 0 Å². The summed E-state index contributed by atoms with van der Waals surface area (Å²) in [5.41, 5.74) is 6.71. The lowest BCUT2D eigenvalue weighted by atomic mass is 9.78. The number of hydrogen-bond donors (Lipinski definition) is 3. The predicted molar refractivity (Wildman–Crippen MR) is 103 cm³/mol. The predicted octanol–water partition coefficient (Wildman–Crippen LogP) is 4.48. The van der Waals surface area contributed by atoms with E-state index in [-0.39, 0.29) is 17.2 Å². The Morgan fingerprint density at radius 1 is 1.24 bits per heavy atom. The zero-order valence-corrected chi connectivity index (χ0v) is 16.6. The number of amides is 1. The monoisotopic (exact) mass is 350 g/mol. The van der Waals surface area contributed by atoms with E-state index in [2.05, 4.69) is 33.0 Å². The van der Waals surface area contributed by atoms with Crippen molar-refractivity contribution in [3.63, 3.8) is 0 Å². The zero-order valence-electron chi connectivity index (χ0n) is 16.6. The molecule has 0 aliphatic heterocycles. The topological polar surface area (TPSA) is 84.6 Å². The fourth-order valence-electron chi connectivity index (χ4n) is 2.46. The summed E-state index contributed by atoms with van der Waals surface area (Å²) in [6.45, 7) is 14.3. The highest BCUT2D eigenvalue weighted by Crippen LogP contribution is 2.30. The molecular weight excluding hydrogens is 316 g/mol. The lowest BCUT2D eigenvalue weighted by Crippen LogP contribution is -2.42. The summed E-state index contributed by atoms with van der Waals surface area (Å²) in [6, 6.07) is 5.09. The van der Waals surface area contributed by atoms with Crippen LogP contribution in [0.25, 0.3) is 0 Å². The Labute approximate surface area is 151 Å². The Balaban J connectivity index is 2.90. The van der Waals surface area contributed by atoms with Gasteiger partial charge in [-0.1, -0.05) is 33.8 Å². The van der Waals surface area contributed by atoms with Gasteiger partial charge in [0.2, 0.25) is 0 Å². The van der Waals surface area contributed by atoms with Crippen LogP contribution in [0, 0.1) is 11.3 Å². The number of aromatic hydroxyl groups is 1. The molecule has 1 aromatic rings. The largest absolute Gasteiger partial charge is 0.506 e. The molecule has 4 N–H and O–H groups in total. The lowest BCUT2D eigenvalue weighted by Gasteiger charge is -2.32. The number of rotatable bonds is 5. The van der Waals surface area contributed by atoms with Crippen molar-refractivity contribution < 1.29 is 14.6 Å². The highest BCUT2D eigenvalue weighted by atomic mass is 16.6. The van der Waals surface area contributed by atoms with Gasteiger partial charge in [-0.2, -0.15) is 0 Å². The van der Waals surface area contributed by atoms with Crippen molar-refractivity contribution in [1.29, 1.82) is 0 Å². The van der Waals surface area contributed by atoms with E-state index < -0.39 is 11.7 Å². The van der Waals surface area contributed by atoms with Crippen molar-refractivity contribution in [2.75, 3.05) is 5.73 Å². The number of carbonyl (C=O) groups excluding carboxylic acids is 1. The van der Waals surface area contributed by atoms with E-state index in [1.165, 1.54) is 0 Å². The molecule has 0 aliphatic rings. The summed E-state index contributed by atoms with van der Waals surface area (Å²) < 4.78 is 5.40. The van der Waals surface area contributed by atoms with Gasteiger partial charge in [0, 0.05) is 6.04 Å². The molecule has 2 atom stereocenters. The van der Waals surface area contributed by atoms with Crippen LogP contribution in [0.3, 0.4) is 0 Å². The number of nitrogens with one attached hydrogen (secondary N) is 1. The summed E-state index contributed by atoms with van der Waals surface area (Å²) >= 11 is 0. The Bertz CT molecular complexity index is 586. The van der Waals surface area contributed by atoms with E-state index in [1.807, 2.05) is 26.8 Å². The van der Waals surface area contributed by atoms with Crippen molar-refractivity contribution in [1.82, 2.24) is 5.32 Å². The van der Waals surface area contributed by atoms with Gasteiger partial charge < -0.3 is 20.9 Å². The van der Waals surface area contributed by atoms with Crippen molar-refractivity contribution in [2.45, 2.75) is 73.0 Å². The highest BCUT2D eigenvalue weighted by molar-refractivity contribution is 5.68. The van der Waals surface area contributed by atoms with E-state index in [4.69, 9.17) is 10.5 Å². The Morgan fingerprint density at radius 2 is 1.84 bits per heavy atom. The molecule has 0 saturated heterocycles. The fourth-order valence-corrected chi connectivity index (χ4v) is 2.46. The third-order valence-electron chi connectivity index (χ3n) is 4.41. The Morgan fingerprint density at radius 3 is 2.32 bits per heavy atom. The van der Waals surface area contributed by atoms with E-state index in [0.29, 0.717) is 18.0 Å². The molecule has 0 heterocycles. The first-order valence-electron chi connectivity index (χ1n) is 8.85. The summed E-state index contributed by atoms with van der Waals surface area (Å²) in [5, 5.41) is 12.6. The van der Waals surface area contributed by atoms with E-state index in [9.17, 15) is 9.90 Å². The van der Waals surface area contributed by atoms with Crippen molar-refractivity contribution >= 4 is 11.8 Å². The van der Waals surface area contributed by atoms with Crippen molar-refractivity contribution in [3.8, 4) is 5.75 Å². The van der Waals surface area contributed by atoms with Crippen molar-refractivity contribution in [3.05, 3.63) is 23.8 Å². The second-order valence-electron chi connectivity index (χ2n) is 8.94. The van der Waals surface area contributed by atoms with Gasteiger partial charge in [0.15, 0.2) is 0 Å². The van der Waals surface area contributed by atoms with Gasteiger partial charge in [0.1, 0.15) is 11.4 Å². The highest BCUT2D eigenvalue weighted by Gasteiger charge is 2.26. The smallest absolute Gasteiger partial charge is 0.407 e. The number of anilines is 1. The minimum atomic E-state index is -0.534. The number of carbonyl (C=O) groups is 1. The molecule has 0 aromatic heterocycles. The molecule has 0 unspecified atom stereocenters. The zero-order chi connectivity index (χ0) is 19.4. The number of nitrogen functional groups attached to an aromatic ring is 1. The van der Waals surface area contributed by atoms with Crippen LogP contribution in [0.4, 0.5) is 10.5 Å². The number of phenols is 1. The number of ether oxygens (including phenoxy) is 1. The van der Waals surface area contributed by atoms with Crippen LogP contribution in [0.2, 0.25) is 0 Å². The van der Waals surface area contributed by atoms with Gasteiger partial charge >= 0.3 is 6.09 Å². The number of alkyl carbamates (subject to hydrolysis) is 1. The van der Waals surface area contributed by atoms with Gasteiger partial charge in [-0.25, -0.2) is 4.79 Å². The van der Waals surface area contributed by atoms with Gasteiger partial charge in [0.25, 0.3) is 0 Å². The summed E-state index contributed by atoms with van der Waals surface area (Å²) in [5.74, 6) is 0.477. The van der Waals surface area contributed by atoms with Crippen LogP contribution in [-0.4, -0.2) is 22.8 Å². The quantitative estimate of drug-likeness (QED) is 0.540. The molecule has 0 fully saturated rings. The SMILES string of the molecule is C[C@@H](C[C@H](Cc1ccc(O)c(N)c1)NC(=O)OC(C)(C)C)C(C)(C)C. The normalized spacial score (nSPS) is 14.7. The first kappa shape index (κ1) is 21.1. The number of phenolic OH excluding ortho intramolecular Hbond substituents is 1. The van der Waals surface area contributed by atoms with E-state index in [1.54, 1.807) is 12.1 Å². The molecule has 1 amide bonds. The van der Waals surface area contributed by atoms with Gasteiger partial charge in [-0.3, -0.25) is 0 Å². The van der Waals surface area contributed by atoms with E-state index >= 15 is 0 Å². The van der Waals surface area contributed by atoms with Crippen LogP contribution in [0.1, 0.15) is 60.5 Å². The van der Waals surface area contributed by atoms with Gasteiger partial charge in [-0.15, -0.1) is 0 Å². The molecule has 0 saturated carbocycles. The molecule has 1 rings (SSSR count). The molecule has 5 nitrogen and oxygen atoms in total. The molecule has 25 heavy (non-hydrogen) atoms. The number of hydrogen-bond acceptors (Lipinski definition) is 4. The van der Waals surface area contributed by atoms with Crippen LogP contribution < -0.4 is 11.1 Å². The van der Waals surface area contributed by atoms with E-state index in [0.717, 1.165) is 12.0 Å². The maximum atomic E-state index is 12.2. The maximum Gasteiger partial charge on any atom is 0.407 e. The maximum absolute atomic E-state index is 12.2. The van der Waals surface area contributed by atoms with Crippen LogP contribution in [-0.2, 0) is 11.2 Å². The number of benzene rings is 1. The van der Waals surface area contributed by atoms with Crippen molar-refractivity contribution in [2.24, 2.45) is 11.3 Å². The minimum absolute atomic E-state index is 0.0726. The third kappa shape index (κ3) is 7.67. The average molecular weight is 351 g/mol. The first-order valence-corrected chi connectivity index (χ1v) is 8.85. The summed E-state index contributed by atoms with van der Waals surface area (Å²) in [7, 11) is 0. The molecule has 5 heteroatoms. The Kier molecular flexibility index (Phi) is 6.75. The van der Waals surface area contributed by atoms with Gasteiger partial charge in [0.05, 0.1) is 5.69 Å². The Hall–Kier alpha value is -1.91. The lowest BCUT2D eigenvalue weighted by molar-refractivity contribution is 0.0490. The molecule has 0 aliphatic carbocycles. The molecular formula is C20H34N2O3. The van der Waals surface area contributed by atoms with Crippen LogP contribution in [0.15, 0.2) is 18.2 Å². The first-order chi connectivity index (χ1) is 11.3. The number of nitrogens with two attached hydrogens (primary N) is 1. The summed E-state index contributed by atoms with van der Waals surface area (Å²) in [6.07, 6.45) is 1.04. The average Bonchev–Trinajstić information content (AvgIpc) is 2.39. The summed E-state index contributed by atoms with van der Waals surface area (Å²) in [4.78, 5) is 12.2. The molecule has 1 aromatic carbocycles. The molecule has 0 bridgehead atoms. The van der Waals surface area contributed by atoms with Gasteiger partial charge in [-0.05, 0) is 62.6 Å². The fraction of sp³-hybridized carbons (Fsp3) is 0.650. The molecule has 142 valence electrons.